The first kappa shape index (κ1) is 20.8. The molecule has 0 spiro atoms. The van der Waals surface area contributed by atoms with Crippen molar-refractivity contribution >= 4 is 49.6 Å². The minimum absolute atomic E-state index is 0.391. The summed E-state index contributed by atoms with van der Waals surface area (Å²) in [7, 11) is 0. The van der Waals surface area contributed by atoms with E-state index in [1.807, 2.05) is 61.5 Å². The van der Waals surface area contributed by atoms with E-state index in [2.05, 4.69) is 37.3 Å². The Morgan fingerprint density at radius 3 is 1.67 bits per heavy atom. The Balaban J connectivity index is 1.50. The van der Waals surface area contributed by atoms with Gasteiger partial charge in [0.2, 0.25) is 0 Å². The van der Waals surface area contributed by atoms with E-state index in [0.29, 0.717) is 5.56 Å². The molecule has 1 aliphatic heterocycles. The van der Waals surface area contributed by atoms with Crippen molar-refractivity contribution in [3.05, 3.63) is 106 Å². The fraction of sp³-hybridized carbons (Fsp3) is 0.192. The van der Waals surface area contributed by atoms with Gasteiger partial charge in [-0.1, -0.05) is 98.1 Å². The molecule has 164 valence electrons. The Hall–Kier alpha value is -2.77. The van der Waals surface area contributed by atoms with Crippen molar-refractivity contribution < 1.29 is 14.4 Å². The van der Waals surface area contributed by atoms with E-state index in [9.17, 15) is 14.4 Å². The van der Waals surface area contributed by atoms with Crippen molar-refractivity contribution in [1.29, 1.82) is 0 Å². The minimum atomic E-state index is -0.879. The highest BCUT2D eigenvalue weighted by molar-refractivity contribution is 9.10. The summed E-state index contributed by atoms with van der Waals surface area (Å²) >= 11 is 7.89. The van der Waals surface area contributed by atoms with Crippen LogP contribution in [0.2, 0.25) is 0 Å². The molecule has 2 bridgehead atoms. The van der Waals surface area contributed by atoms with Crippen LogP contribution in [0.25, 0.3) is 0 Å². The molecule has 33 heavy (non-hydrogen) atoms. The lowest BCUT2D eigenvalue weighted by Crippen LogP contribution is -2.56. The highest BCUT2D eigenvalue weighted by atomic mass is 79.9. The van der Waals surface area contributed by atoms with Gasteiger partial charge in [-0.25, -0.2) is 0 Å². The second-order valence-corrected chi connectivity index (χ2v) is 11.3. The van der Waals surface area contributed by atoms with Gasteiger partial charge in [0.15, 0.2) is 0 Å². The third-order valence-corrected chi connectivity index (χ3v) is 9.77. The average Bonchev–Trinajstić information content (AvgIpc) is 3.08. The Morgan fingerprint density at radius 1 is 0.788 bits per heavy atom. The molecule has 1 heterocycles. The van der Waals surface area contributed by atoms with Gasteiger partial charge in [-0.05, 0) is 41.3 Å². The zero-order valence-corrected chi connectivity index (χ0v) is 20.7. The molecule has 1 N–H and O–H groups in total. The van der Waals surface area contributed by atoms with Crippen molar-refractivity contribution in [1.82, 2.24) is 10.4 Å². The number of aryl methyl sites for hydroxylation is 1. The molecular formula is C26H18Br2N2O3. The van der Waals surface area contributed by atoms with Gasteiger partial charge in [0.25, 0.3) is 17.7 Å². The molecule has 5 nitrogen and oxygen atoms in total. The number of nitrogens with zero attached hydrogens (tertiary/aromatic N) is 1. The van der Waals surface area contributed by atoms with Crippen molar-refractivity contribution in [2.24, 2.45) is 11.8 Å². The second-order valence-electron chi connectivity index (χ2n) is 8.79. The number of imide groups is 1. The van der Waals surface area contributed by atoms with Gasteiger partial charge in [0.05, 0.1) is 20.5 Å². The van der Waals surface area contributed by atoms with Crippen LogP contribution in [0.15, 0.2) is 72.8 Å². The molecule has 4 aliphatic rings. The number of halogens is 2. The number of hydrogen-bond donors (Lipinski definition) is 1. The molecule has 2 atom stereocenters. The molecular weight excluding hydrogens is 548 g/mol. The molecule has 0 saturated carbocycles. The van der Waals surface area contributed by atoms with Crippen LogP contribution in [-0.2, 0) is 18.2 Å². The highest BCUT2D eigenvalue weighted by Crippen LogP contribution is 2.70. The normalized spacial score (nSPS) is 28.9. The predicted octanol–water partition coefficient (Wildman–Crippen LogP) is 4.55. The first-order valence-corrected chi connectivity index (χ1v) is 12.2. The number of hydrogen-bond acceptors (Lipinski definition) is 3. The summed E-state index contributed by atoms with van der Waals surface area (Å²) in [6.07, 6.45) is 0. The number of nitrogens with one attached hydrogen (secondary N) is 1. The molecule has 0 aromatic heterocycles. The lowest BCUT2D eigenvalue weighted by molar-refractivity contribution is -0.142. The van der Waals surface area contributed by atoms with Crippen molar-refractivity contribution in [3.63, 3.8) is 0 Å². The van der Waals surface area contributed by atoms with Gasteiger partial charge >= 0.3 is 0 Å². The van der Waals surface area contributed by atoms with Gasteiger partial charge in [-0.15, -0.1) is 0 Å². The van der Waals surface area contributed by atoms with Gasteiger partial charge in [-0.3, -0.25) is 19.8 Å². The van der Waals surface area contributed by atoms with Crippen LogP contribution in [-0.4, -0.2) is 22.7 Å². The molecule has 0 radical (unpaired) electrons. The van der Waals surface area contributed by atoms with E-state index in [1.165, 1.54) is 0 Å². The molecule has 3 aromatic carbocycles. The average molecular weight is 566 g/mol. The summed E-state index contributed by atoms with van der Waals surface area (Å²) in [5.41, 5.74) is 7.71. The van der Waals surface area contributed by atoms with Crippen LogP contribution in [0.1, 0.15) is 38.2 Å². The standard InChI is InChI=1S/C26H18Br2N2O3/c1-14-7-6-8-15(13-14)22(31)29-30-23(32)20-21(24(30)33)26(28)17-10-3-2-9-16(17)25(20,27)18-11-4-5-12-19(18)26/h2-13,20-21H,1H3,(H,29,31)/t20-,21-,25?,26?/m1/s1. The maximum atomic E-state index is 13.8. The zero-order chi connectivity index (χ0) is 23.1. The van der Waals surface area contributed by atoms with E-state index in [4.69, 9.17) is 0 Å². The number of carbonyl (C=O) groups excluding carboxylic acids is 3. The van der Waals surface area contributed by atoms with E-state index < -0.39 is 38.2 Å². The summed E-state index contributed by atoms with van der Waals surface area (Å²) in [4.78, 5) is 40.5. The first-order valence-electron chi connectivity index (χ1n) is 10.6. The van der Waals surface area contributed by atoms with E-state index in [0.717, 1.165) is 32.8 Å². The zero-order valence-electron chi connectivity index (χ0n) is 17.5. The van der Waals surface area contributed by atoms with Gasteiger partial charge in [0, 0.05) is 5.56 Å². The maximum Gasteiger partial charge on any atom is 0.270 e. The number of rotatable bonds is 2. The Bertz CT molecular complexity index is 1260. The third-order valence-electron chi connectivity index (χ3n) is 7.08. The lowest BCUT2D eigenvalue weighted by Gasteiger charge is -2.55. The molecule has 1 saturated heterocycles. The number of carbonyl (C=O) groups is 3. The van der Waals surface area contributed by atoms with Crippen LogP contribution in [0.4, 0.5) is 0 Å². The molecule has 3 aromatic rings. The van der Waals surface area contributed by atoms with Crippen molar-refractivity contribution in [3.8, 4) is 0 Å². The maximum absolute atomic E-state index is 13.8. The Labute approximate surface area is 207 Å². The van der Waals surface area contributed by atoms with Crippen LogP contribution in [0.5, 0.6) is 0 Å². The third kappa shape index (κ3) is 2.49. The molecule has 3 aliphatic carbocycles. The topological polar surface area (TPSA) is 66.5 Å². The van der Waals surface area contributed by atoms with Crippen LogP contribution < -0.4 is 5.43 Å². The summed E-state index contributed by atoms with van der Waals surface area (Å²) in [6, 6.07) is 22.8. The van der Waals surface area contributed by atoms with Crippen molar-refractivity contribution in [2.45, 2.75) is 15.6 Å². The molecule has 7 heteroatoms. The van der Waals surface area contributed by atoms with Crippen LogP contribution in [0, 0.1) is 18.8 Å². The van der Waals surface area contributed by atoms with Crippen LogP contribution >= 0.6 is 31.9 Å². The van der Waals surface area contributed by atoms with E-state index >= 15 is 0 Å². The van der Waals surface area contributed by atoms with Gasteiger partial charge in [-0.2, -0.15) is 5.01 Å². The Morgan fingerprint density at radius 2 is 1.24 bits per heavy atom. The fourth-order valence-corrected chi connectivity index (χ4v) is 8.03. The smallest absolute Gasteiger partial charge is 0.270 e. The molecule has 0 unspecified atom stereocenters. The summed E-state index contributed by atoms with van der Waals surface area (Å²) < 4.78 is -1.76. The number of benzene rings is 3. The number of alkyl halides is 2. The quantitative estimate of drug-likeness (QED) is 0.366. The monoisotopic (exact) mass is 564 g/mol. The molecule has 3 amide bonds. The lowest BCUT2D eigenvalue weighted by atomic mass is 9.54. The van der Waals surface area contributed by atoms with Gasteiger partial charge in [0.1, 0.15) is 0 Å². The fourth-order valence-electron chi connectivity index (χ4n) is 5.73. The molecule has 7 rings (SSSR count). The van der Waals surface area contributed by atoms with Gasteiger partial charge < -0.3 is 0 Å². The van der Waals surface area contributed by atoms with Crippen LogP contribution in [0.3, 0.4) is 0 Å². The first-order chi connectivity index (χ1) is 15.8. The largest absolute Gasteiger partial charge is 0.272 e. The SMILES string of the molecule is Cc1cccc(C(=O)NN2C(=O)[C@H]3[C@H](C2=O)C2(Br)c4ccccc4C3(Br)c3ccccc32)c1. The summed E-state index contributed by atoms with van der Waals surface area (Å²) in [5, 5.41) is 0.920. The molecule has 1 fully saturated rings. The number of hydrazine groups is 1. The minimum Gasteiger partial charge on any atom is -0.272 e. The summed E-state index contributed by atoms with van der Waals surface area (Å²) in [5.74, 6) is -2.76. The Kier molecular flexibility index (Phi) is 4.33. The predicted molar refractivity (Wildman–Crippen MR) is 130 cm³/mol. The van der Waals surface area contributed by atoms with E-state index in [1.54, 1.807) is 18.2 Å². The number of amides is 3. The van der Waals surface area contributed by atoms with Crippen molar-refractivity contribution in [2.75, 3.05) is 0 Å². The second kappa shape index (κ2) is 6.87. The van der Waals surface area contributed by atoms with E-state index in [-0.39, 0.29) is 0 Å². The summed E-state index contributed by atoms with van der Waals surface area (Å²) in [6.45, 7) is 1.88. The highest BCUT2D eigenvalue weighted by Gasteiger charge is 2.72.